The Hall–Kier alpha value is -0.900. The third kappa shape index (κ3) is 5.42. The van der Waals surface area contributed by atoms with Gasteiger partial charge in [-0.25, -0.2) is 0 Å². The van der Waals surface area contributed by atoms with Gasteiger partial charge in [0.1, 0.15) is 0 Å². The molecule has 1 fully saturated rings. The van der Waals surface area contributed by atoms with Gasteiger partial charge in [-0.1, -0.05) is 37.3 Å². The SMILES string of the molecule is CCNC(CN(C)CC1CCN(C)CC1)c1ccccc1. The Morgan fingerprint density at radius 2 is 1.90 bits per heavy atom. The lowest BCUT2D eigenvalue weighted by atomic mass is 9.96. The van der Waals surface area contributed by atoms with E-state index in [1.807, 2.05) is 0 Å². The fourth-order valence-corrected chi connectivity index (χ4v) is 3.29. The van der Waals surface area contributed by atoms with Crippen LogP contribution in [0.4, 0.5) is 0 Å². The van der Waals surface area contributed by atoms with Gasteiger partial charge >= 0.3 is 0 Å². The highest BCUT2D eigenvalue weighted by Gasteiger charge is 2.20. The van der Waals surface area contributed by atoms with Crippen molar-refractivity contribution >= 4 is 0 Å². The van der Waals surface area contributed by atoms with E-state index < -0.39 is 0 Å². The summed E-state index contributed by atoms with van der Waals surface area (Å²) in [5.41, 5.74) is 1.40. The first-order chi connectivity index (χ1) is 10.2. The van der Waals surface area contributed by atoms with Crippen molar-refractivity contribution in [3.05, 3.63) is 35.9 Å². The van der Waals surface area contributed by atoms with E-state index in [2.05, 4.69) is 66.5 Å². The second-order valence-electron chi connectivity index (χ2n) is 6.49. The van der Waals surface area contributed by atoms with Crippen molar-refractivity contribution in [1.29, 1.82) is 0 Å². The third-order valence-corrected chi connectivity index (χ3v) is 4.55. The molecule has 1 N–H and O–H groups in total. The van der Waals surface area contributed by atoms with Crippen molar-refractivity contribution in [2.45, 2.75) is 25.8 Å². The third-order valence-electron chi connectivity index (χ3n) is 4.55. The second-order valence-corrected chi connectivity index (χ2v) is 6.49. The first kappa shape index (κ1) is 16.5. The smallest absolute Gasteiger partial charge is 0.0449 e. The molecule has 21 heavy (non-hydrogen) atoms. The second kappa shape index (κ2) is 8.52. The molecule has 0 aliphatic carbocycles. The molecule has 1 unspecified atom stereocenters. The summed E-state index contributed by atoms with van der Waals surface area (Å²) in [7, 11) is 4.50. The lowest BCUT2D eigenvalue weighted by molar-refractivity contribution is 0.169. The molecule has 1 atom stereocenters. The Morgan fingerprint density at radius 3 is 2.52 bits per heavy atom. The minimum atomic E-state index is 0.437. The molecule has 0 radical (unpaired) electrons. The zero-order valence-electron chi connectivity index (χ0n) is 13.9. The monoisotopic (exact) mass is 289 g/mol. The number of hydrogen-bond acceptors (Lipinski definition) is 3. The van der Waals surface area contributed by atoms with Crippen LogP contribution in [0.15, 0.2) is 30.3 Å². The van der Waals surface area contributed by atoms with E-state index in [1.54, 1.807) is 0 Å². The van der Waals surface area contributed by atoms with Crippen LogP contribution >= 0.6 is 0 Å². The molecular weight excluding hydrogens is 258 g/mol. The van der Waals surface area contributed by atoms with Crippen LogP contribution in [0.2, 0.25) is 0 Å². The van der Waals surface area contributed by atoms with Crippen LogP contribution in [0.5, 0.6) is 0 Å². The topological polar surface area (TPSA) is 18.5 Å². The molecule has 1 aromatic carbocycles. The van der Waals surface area contributed by atoms with Crippen molar-refractivity contribution in [3.8, 4) is 0 Å². The minimum Gasteiger partial charge on any atom is -0.309 e. The summed E-state index contributed by atoms with van der Waals surface area (Å²) in [5.74, 6) is 0.865. The largest absolute Gasteiger partial charge is 0.309 e. The van der Waals surface area contributed by atoms with Gasteiger partial charge in [0, 0.05) is 19.1 Å². The molecule has 3 nitrogen and oxygen atoms in total. The van der Waals surface area contributed by atoms with Crippen molar-refractivity contribution in [1.82, 2.24) is 15.1 Å². The molecule has 2 rings (SSSR count). The summed E-state index contributed by atoms with van der Waals surface area (Å²) >= 11 is 0. The zero-order chi connectivity index (χ0) is 15.1. The molecule has 1 aliphatic heterocycles. The van der Waals surface area contributed by atoms with Gasteiger partial charge in [0.25, 0.3) is 0 Å². The van der Waals surface area contributed by atoms with E-state index in [-0.39, 0.29) is 0 Å². The van der Waals surface area contributed by atoms with Crippen LogP contribution in [0.1, 0.15) is 31.4 Å². The molecule has 1 aliphatic rings. The number of hydrogen-bond donors (Lipinski definition) is 1. The van der Waals surface area contributed by atoms with Gasteiger partial charge < -0.3 is 15.1 Å². The molecule has 0 spiro atoms. The van der Waals surface area contributed by atoms with Crippen LogP contribution in [0.25, 0.3) is 0 Å². The number of nitrogens with one attached hydrogen (secondary N) is 1. The summed E-state index contributed by atoms with van der Waals surface area (Å²) in [4.78, 5) is 4.96. The molecule has 118 valence electrons. The summed E-state index contributed by atoms with van der Waals surface area (Å²) in [6.45, 7) is 8.03. The van der Waals surface area contributed by atoms with Crippen molar-refractivity contribution < 1.29 is 0 Å². The van der Waals surface area contributed by atoms with E-state index >= 15 is 0 Å². The van der Waals surface area contributed by atoms with E-state index in [0.717, 1.165) is 19.0 Å². The van der Waals surface area contributed by atoms with Crippen LogP contribution in [0, 0.1) is 5.92 Å². The minimum absolute atomic E-state index is 0.437. The molecule has 1 heterocycles. The van der Waals surface area contributed by atoms with E-state index in [4.69, 9.17) is 0 Å². The van der Waals surface area contributed by atoms with Gasteiger partial charge in [-0.15, -0.1) is 0 Å². The van der Waals surface area contributed by atoms with E-state index in [0.29, 0.717) is 6.04 Å². The van der Waals surface area contributed by atoms with Gasteiger partial charge in [-0.3, -0.25) is 0 Å². The lowest BCUT2D eigenvalue weighted by Crippen LogP contribution is -2.39. The van der Waals surface area contributed by atoms with Crippen LogP contribution in [0.3, 0.4) is 0 Å². The summed E-state index contributed by atoms with van der Waals surface area (Å²) in [6, 6.07) is 11.3. The Kier molecular flexibility index (Phi) is 6.68. The normalized spacial score (nSPS) is 19.0. The van der Waals surface area contributed by atoms with Crippen LogP contribution < -0.4 is 5.32 Å². The summed E-state index contributed by atoms with van der Waals surface area (Å²) in [6.07, 6.45) is 2.69. The fraction of sp³-hybridized carbons (Fsp3) is 0.667. The number of nitrogens with zero attached hydrogens (tertiary/aromatic N) is 2. The molecule has 3 heteroatoms. The first-order valence-corrected chi connectivity index (χ1v) is 8.34. The summed E-state index contributed by atoms with van der Waals surface area (Å²) < 4.78 is 0. The predicted octanol–water partition coefficient (Wildman–Crippen LogP) is 2.61. The van der Waals surface area contributed by atoms with E-state index in [9.17, 15) is 0 Å². The van der Waals surface area contributed by atoms with Crippen LogP contribution in [-0.4, -0.2) is 56.6 Å². The maximum absolute atomic E-state index is 3.62. The lowest BCUT2D eigenvalue weighted by Gasteiger charge is -2.33. The Bertz CT molecular complexity index is 385. The molecule has 0 amide bonds. The van der Waals surface area contributed by atoms with Gasteiger partial charge in [-0.05, 0) is 58.1 Å². The first-order valence-electron chi connectivity index (χ1n) is 8.34. The van der Waals surface area contributed by atoms with Gasteiger partial charge in [0.15, 0.2) is 0 Å². The predicted molar refractivity (Wildman–Crippen MR) is 90.6 cm³/mol. The highest BCUT2D eigenvalue weighted by atomic mass is 15.1. The quantitative estimate of drug-likeness (QED) is 0.832. The van der Waals surface area contributed by atoms with Gasteiger partial charge in [0.2, 0.25) is 0 Å². The average Bonchev–Trinajstić information content (AvgIpc) is 2.50. The average molecular weight is 289 g/mol. The Balaban J connectivity index is 1.85. The van der Waals surface area contributed by atoms with Crippen molar-refractivity contribution in [3.63, 3.8) is 0 Å². The summed E-state index contributed by atoms with van der Waals surface area (Å²) in [5, 5.41) is 3.62. The van der Waals surface area contributed by atoms with E-state index in [1.165, 1.54) is 38.0 Å². The number of rotatable bonds is 7. The van der Waals surface area contributed by atoms with Crippen LogP contribution in [-0.2, 0) is 0 Å². The maximum atomic E-state index is 3.62. The fourth-order valence-electron chi connectivity index (χ4n) is 3.29. The maximum Gasteiger partial charge on any atom is 0.0449 e. The van der Waals surface area contributed by atoms with Gasteiger partial charge in [0.05, 0.1) is 0 Å². The number of benzene rings is 1. The highest BCUT2D eigenvalue weighted by molar-refractivity contribution is 5.19. The highest BCUT2D eigenvalue weighted by Crippen LogP contribution is 2.19. The zero-order valence-corrected chi connectivity index (χ0v) is 13.9. The number of likely N-dealkylation sites (tertiary alicyclic amines) is 1. The Labute approximate surface area is 130 Å². The van der Waals surface area contributed by atoms with Crippen molar-refractivity contribution in [2.75, 3.05) is 46.8 Å². The molecule has 0 aromatic heterocycles. The van der Waals surface area contributed by atoms with Crippen molar-refractivity contribution in [2.24, 2.45) is 5.92 Å². The number of piperidine rings is 1. The molecule has 1 aromatic rings. The molecule has 0 bridgehead atoms. The molecule has 1 saturated heterocycles. The number of likely N-dealkylation sites (N-methyl/N-ethyl adjacent to an activating group) is 2. The molecular formula is C18H31N3. The standard InChI is InChI=1S/C18H31N3/c1-4-19-18(17-8-6-5-7-9-17)15-21(3)14-16-10-12-20(2)13-11-16/h5-9,16,18-19H,4,10-15H2,1-3H3. The van der Waals surface area contributed by atoms with Gasteiger partial charge in [-0.2, -0.15) is 0 Å². The Morgan fingerprint density at radius 1 is 1.24 bits per heavy atom. The molecule has 0 saturated carbocycles.